The number of urea groups is 1. The fourth-order valence-electron chi connectivity index (χ4n) is 4.20. The molecule has 11 heteroatoms. The monoisotopic (exact) mass is 517 g/mol. The molecule has 0 saturated carbocycles. The number of rotatable bonds is 7. The number of carbonyl (C=O) groups is 2. The van der Waals surface area contributed by atoms with Crippen molar-refractivity contribution in [2.45, 2.75) is 32.0 Å². The standard InChI is InChI=1S/C24H28ClN7O2.ClH/c1-30-15-19(28-29-30)16-31(14-17-8-10-18(26)11-9-17)24(34)27-13-23(33)32-12-4-7-22(32)20-5-2-3-6-21(20)25;/h2-3,5-6,8-11,15,22H,4,7,12-14,16,26H2,1H3,(H,27,34);1H. The van der Waals surface area contributed by atoms with Crippen molar-refractivity contribution in [1.82, 2.24) is 30.1 Å². The summed E-state index contributed by atoms with van der Waals surface area (Å²) >= 11 is 6.37. The Labute approximate surface area is 215 Å². The molecule has 1 unspecified atom stereocenters. The number of benzene rings is 2. The van der Waals surface area contributed by atoms with E-state index in [2.05, 4.69) is 15.6 Å². The first-order valence-electron chi connectivity index (χ1n) is 11.2. The second kappa shape index (κ2) is 11.9. The molecular weight excluding hydrogens is 489 g/mol. The Morgan fingerprint density at radius 2 is 1.91 bits per heavy atom. The molecule has 1 aliphatic heterocycles. The van der Waals surface area contributed by atoms with Crippen LogP contribution in [-0.4, -0.2) is 49.8 Å². The van der Waals surface area contributed by atoms with Gasteiger partial charge in [0, 0.05) is 37.0 Å². The average Bonchev–Trinajstić information content (AvgIpc) is 3.47. The maximum Gasteiger partial charge on any atom is 0.318 e. The van der Waals surface area contributed by atoms with Crippen molar-refractivity contribution in [1.29, 1.82) is 0 Å². The molecule has 186 valence electrons. The third kappa shape index (κ3) is 6.64. The Morgan fingerprint density at radius 3 is 2.60 bits per heavy atom. The minimum absolute atomic E-state index is 0. The molecule has 0 bridgehead atoms. The summed E-state index contributed by atoms with van der Waals surface area (Å²) in [6.45, 7) is 1.13. The van der Waals surface area contributed by atoms with Gasteiger partial charge >= 0.3 is 6.03 Å². The zero-order chi connectivity index (χ0) is 24.1. The molecule has 3 aromatic rings. The van der Waals surface area contributed by atoms with Gasteiger partial charge in [0.25, 0.3) is 0 Å². The van der Waals surface area contributed by atoms with Gasteiger partial charge in [-0.15, -0.1) is 17.5 Å². The van der Waals surface area contributed by atoms with Gasteiger partial charge in [0.15, 0.2) is 0 Å². The lowest BCUT2D eigenvalue weighted by Gasteiger charge is -2.27. The van der Waals surface area contributed by atoms with E-state index in [0.29, 0.717) is 29.5 Å². The summed E-state index contributed by atoms with van der Waals surface area (Å²) in [4.78, 5) is 29.5. The van der Waals surface area contributed by atoms with Crippen molar-refractivity contribution >= 4 is 41.6 Å². The highest BCUT2D eigenvalue weighted by Gasteiger charge is 2.31. The third-order valence-electron chi connectivity index (χ3n) is 5.87. The first-order valence-corrected chi connectivity index (χ1v) is 11.5. The summed E-state index contributed by atoms with van der Waals surface area (Å²) in [6, 6.07) is 14.5. The van der Waals surface area contributed by atoms with Crippen LogP contribution < -0.4 is 11.1 Å². The summed E-state index contributed by atoms with van der Waals surface area (Å²) < 4.78 is 1.58. The molecule has 1 saturated heterocycles. The average molecular weight is 518 g/mol. The van der Waals surface area contributed by atoms with Crippen molar-refractivity contribution in [3.63, 3.8) is 0 Å². The number of aryl methyl sites for hydroxylation is 1. The maximum atomic E-state index is 13.1. The van der Waals surface area contributed by atoms with E-state index < -0.39 is 0 Å². The Hall–Kier alpha value is -3.30. The number of likely N-dealkylation sites (tertiary alicyclic amines) is 1. The predicted octanol–water partition coefficient (Wildman–Crippen LogP) is 3.55. The first-order chi connectivity index (χ1) is 16.4. The second-order valence-corrected chi connectivity index (χ2v) is 8.81. The molecule has 35 heavy (non-hydrogen) atoms. The Morgan fingerprint density at radius 1 is 1.17 bits per heavy atom. The van der Waals surface area contributed by atoms with Crippen LogP contribution in [-0.2, 0) is 24.9 Å². The highest BCUT2D eigenvalue weighted by atomic mass is 35.5. The number of carbonyl (C=O) groups excluding carboxylic acids is 2. The van der Waals surface area contributed by atoms with E-state index in [1.807, 2.05) is 36.4 Å². The summed E-state index contributed by atoms with van der Waals surface area (Å²) in [5, 5.41) is 11.5. The van der Waals surface area contributed by atoms with Crippen LogP contribution in [0.4, 0.5) is 10.5 Å². The van der Waals surface area contributed by atoms with Crippen molar-refractivity contribution in [3.8, 4) is 0 Å². The number of nitrogens with one attached hydrogen (secondary N) is 1. The molecule has 1 atom stereocenters. The summed E-state index contributed by atoms with van der Waals surface area (Å²) in [5.41, 5.74) is 8.94. The Balaban J connectivity index is 0.00000342. The number of anilines is 1. The molecule has 4 rings (SSSR count). The molecule has 1 aliphatic rings. The van der Waals surface area contributed by atoms with Gasteiger partial charge in [-0.3, -0.25) is 9.48 Å². The number of aromatic nitrogens is 3. The van der Waals surface area contributed by atoms with E-state index in [-0.39, 0.29) is 43.5 Å². The fraction of sp³-hybridized carbons (Fsp3) is 0.333. The molecule has 9 nitrogen and oxygen atoms in total. The minimum Gasteiger partial charge on any atom is -0.399 e. The smallest absolute Gasteiger partial charge is 0.318 e. The number of nitrogens with zero attached hydrogens (tertiary/aromatic N) is 5. The minimum atomic E-state index is -0.357. The molecule has 0 radical (unpaired) electrons. The molecular formula is C24H29Cl2N7O2. The molecule has 2 aromatic carbocycles. The lowest BCUT2D eigenvalue weighted by atomic mass is 10.0. The molecule has 2 heterocycles. The zero-order valence-electron chi connectivity index (χ0n) is 19.4. The van der Waals surface area contributed by atoms with Crippen LogP contribution in [0.3, 0.4) is 0 Å². The summed E-state index contributed by atoms with van der Waals surface area (Å²) in [5.74, 6) is -0.136. The van der Waals surface area contributed by atoms with Crippen molar-refractivity contribution in [2.24, 2.45) is 7.05 Å². The van der Waals surface area contributed by atoms with Gasteiger partial charge in [-0.2, -0.15) is 0 Å². The number of hydrogen-bond donors (Lipinski definition) is 2. The summed E-state index contributed by atoms with van der Waals surface area (Å²) in [6.07, 6.45) is 3.50. The van der Waals surface area contributed by atoms with Crippen LogP contribution in [0, 0.1) is 0 Å². The number of nitrogen functional groups attached to an aromatic ring is 1. The van der Waals surface area contributed by atoms with Gasteiger partial charge in [0.1, 0.15) is 5.69 Å². The second-order valence-electron chi connectivity index (χ2n) is 8.41. The van der Waals surface area contributed by atoms with Crippen LogP contribution in [0.25, 0.3) is 0 Å². The molecule has 3 amide bonds. The summed E-state index contributed by atoms with van der Waals surface area (Å²) in [7, 11) is 1.77. The van der Waals surface area contributed by atoms with E-state index in [0.717, 1.165) is 24.0 Å². The Bertz CT molecular complexity index is 1150. The van der Waals surface area contributed by atoms with Crippen LogP contribution >= 0.6 is 24.0 Å². The van der Waals surface area contributed by atoms with E-state index in [9.17, 15) is 9.59 Å². The fourth-order valence-corrected chi connectivity index (χ4v) is 4.47. The third-order valence-corrected chi connectivity index (χ3v) is 6.22. The van der Waals surface area contributed by atoms with E-state index in [1.165, 1.54) is 0 Å². The van der Waals surface area contributed by atoms with Gasteiger partial charge in [0.2, 0.25) is 5.91 Å². The molecule has 0 aliphatic carbocycles. The largest absolute Gasteiger partial charge is 0.399 e. The van der Waals surface area contributed by atoms with Crippen LogP contribution in [0.15, 0.2) is 54.7 Å². The van der Waals surface area contributed by atoms with Crippen molar-refractivity contribution in [2.75, 3.05) is 18.8 Å². The highest BCUT2D eigenvalue weighted by molar-refractivity contribution is 6.31. The number of nitrogens with two attached hydrogens (primary N) is 1. The van der Waals surface area contributed by atoms with E-state index in [1.54, 1.807) is 39.9 Å². The highest BCUT2D eigenvalue weighted by Crippen LogP contribution is 2.35. The molecule has 3 N–H and O–H groups in total. The van der Waals surface area contributed by atoms with Gasteiger partial charge in [-0.05, 0) is 42.2 Å². The Kier molecular flexibility index (Phi) is 8.95. The van der Waals surface area contributed by atoms with Gasteiger partial charge in [-0.1, -0.05) is 47.1 Å². The predicted molar refractivity (Wildman–Crippen MR) is 137 cm³/mol. The lowest BCUT2D eigenvalue weighted by molar-refractivity contribution is -0.131. The molecule has 1 fully saturated rings. The lowest BCUT2D eigenvalue weighted by Crippen LogP contribution is -2.45. The number of hydrogen-bond acceptors (Lipinski definition) is 5. The van der Waals surface area contributed by atoms with Crippen LogP contribution in [0.1, 0.15) is 35.7 Å². The number of halogens is 2. The molecule has 1 aromatic heterocycles. The molecule has 0 spiro atoms. The quantitative estimate of drug-likeness (QED) is 0.465. The van der Waals surface area contributed by atoms with Crippen molar-refractivity contribution < 1.29 is 9.59 Å². The normalized spacial score (nSPS) is 14.9. The van der Waals surface area contributed by atoms with Gasteiger partial charge in [-0.25, -0.2) is 4.79 Å². The van der Waals surface area contributed by atoms with E-state index in [4.69, 9.17) is 17.3 Å². The van der Waals surface area contributed by atoms with Crippen LogP contribution in [0.2, 0.25) is 5.02 Å². The van der Waals surface area contributed by atoms with Gasteiger partial charge < -0.3 is 20.9 Å². The van der Waals surface area contributed by atoms with E-state index >= 15 is 0 Å². The van der Waals surface area contributed by atoms with Crippen molar-refractivity contribution in [3.05, 3.63) is 76.6 Å². The zero-order valence-corrected chi connectivity index (χ0v) is 21.0. The van der Waals surface area contributed by atoms with Gasteiger partial charge in [0.05, 0.1) is 19.1 Å². The number of amides is 3. The first kappa shape index (κ1) is 26.3. The maximum absolute atomic E-state index is 13.1. The van der Waals surface area contributed by atoms with Crippen LogP contribution in [0.5, 0.6) is 0 Å². The topological polar surface area (TPSA) is 109 Å². The SMILES string of the molecule is Cl.Cn1cc(CN(Cc2ccc(N)cc2)C(=O)NCC(=O)N2CCCC2c2ccccc2Cl)nn1.